The van der Waals surface area contributed by atoms with Gasteiger partial charge in [0.05, 0.1) is 10.7 Å². The maximum absolute atomic E-state index is 6.15. The monoisotopic (exact) mass is 370 g/mol. The van der Waals surface area contributed by atoms with E-state index in [2.05, 4.69) is 36.2 Å². The van der Waals surface area contributed by atoms with Crippen LogP contribution in [0.3, 0.4) is 0 Å². The highest BCUT2D eigenvalue weighted by Crippen LogP contribution is 2.28. The highest BCUT2D eigenvalue weighted by Gasteiger charge is 2.11. The molecule has 1 heterocycles. The van der Waals surface area contributed by atoms with Crippen molar-refractivity contribution in [2.24, 2.45) is 0 Å². The van der Waals surface area contributed by atoms with E-state index in [0.717, 1.165) is 17.6 Å². The fourth-order valence-electron chi connectivity index (χ4n) is 1.80. The molecule has 0 unspecified atom stereocenters. The Morgan fingerprint density at radius 3 is 2.62 bits per heavy atom. The minimum absolute atomic E-state index is 0.167. The van der Waals surface area contributed by atoms with Crippen molar-refractivity contribution in [3.63, 3.8) is 0 Å². The largest absolute Gasteiger partial charge is 0.368 e. The normalized spacial score (nSPS) is 10.5. The van der Waals surface area contributed by atoms with Crippen LogP contribution >= 0.6 is 27.5 Å². The third-order valence-electron chi connectivity index (χ3n) is 2.86. The first-order chi connectivity index (χ1) is 10.0. The Morgan fingerprint density at radius 2 is 1.95 bits per heavy atom. The van der Waals surface area contributed by atoms with Crippen molar-refractivity contribution in [2.75, 3.05) is 29.0 Å². The average molecular weight is 372 g/mol. The molecular weight excluding hydrogens is 356 g/mol. The van der Waals surface area contributed by atoms with Crippen LogP contribution in [0.2, 0.25) is 5.02 Å². The first-order valence-electron chi connectivity index (χ1n) is 6.52. The highest BCUT2D eigenvalue weighted by molar-refractivity contribution is 9.10. The van der Waals surface area contributed by atoms with E-state index >= 15 is 0 Å². The lowest BCUT2D eigenvalue weighted by Crippen LogP contribution is -2.25. The van der Waals surface area contributed by atoms with Crippen LogP contribution in [0.4, 0.5) is 23.5 Å². The van der Waals surface area contributed by atoms with Gasteiger partial charge in [0, 0.05) is 17.6 Å². The second-order valence-electron chi connectivity index (χ2n) is 4.24. The molecule has 2 aromatic rings. The van der Waals surface area contributed by atoms with Gasteiger partial charge in [0.25, 0.3) is 0 Å². The van der Waals surface area contributed by atoms with E-state index < -0.39 is 0 Å². The van der Waals surface area contributed by atoms with Gasteiger partial charge in [-0.25, -0.2) is 0 Å². The molecule has 6 nitrogen and oxygen atoms in total. The molecule has 0 bridgehead atoms. The van der Waals surface area contributed by atoms with Gasteiger partial charge in [0.1, 0.15) is 0 Å². The van der Waals surface area contributed by atoms with Gasteiger partial charge in [-0.05, 0) is 32.0 Å². The van der Waals surface area contributed by atoms with Crippen LogP contribution in [0.1, 0.15) is 13.8 Å². The van der Waals surface area contributed by atoms with E-state index in [4.69, 9.17) is 17.3 Å². The van der Waals surface area contributed by atoms with E-state index in [9.17, 15) is 0 Å². The number of rotatable bonds is 5. The lowest BCUT2D eigenvalue weighted by atomic mass is 10.3. The molecule has 2 rings (SSSR count). The first kappa shape index (κ1) is 15.8. The van der Waals surface area contributed by atoms with Crippen LogP contribution in [0.5, 0.6) is 0 Å². The minimum Gasteiger partial charge on any atom is -0.368 e. The molecule has 0 aliphatic rings. The molecule has 0 amide bonds. The molecule has 0 saturated carbocycles. The average Bonchev–Trinajstić information content (AvgIpc) is 2.44. The van der Waals surface area contributed by atoms with Crippen molar-refractivity contribution in [1.29, 1.82) is 0 Å². The zero-order valence-corrected chi connectivity index (χ0v) is 14.1. The van der Waals surface area contributed by atoms with Crippen molar-refractivity contribution < 1.29 is 0 Å². The van der Waals surface area contributed by atoms with Crippen molar-refractivity contribution in [2.45, 2.75) is 13.8 Å². The van der Waals surface area contributed by atoms with Gasteiger partial charge in [0.2, 0.25) is 17.8 Å². The van der Waals surface area contributed by atoms with Gasteiger partial charge < -0.3 is 16.0 Å². The summed E-state index contributed by atoms with van der Waals surface area (Å²) in [4.78, 5) is 14.6. The summed E-state index contributed by atoms with van der Waals surface area (Å²) < 4.78 is 0.903. The Hall–Kier alpha value is -1.60. The predicted octanol–water partition coefficient (Wildman–Crippen LogP) is 3.46. The SMILES string of the molecule is CCN(CC)c1nc(N)nc(Nc2cc(Br)ccc2Cl)n1. The number of nitrogens with zero attached hydrogens (tertiary/aromatic N) is 4. The number of anilines is 4. The molecule has 0 atom stereocenters. The third-order valence-corrected chi connectivity index (χ3v) is 3.68. The third kappa shape index (κ3) is 3.95. The van der Waals surface area contributed by atoms with E-state index in [-0.39, 0.29) is 5.95 Å². The number of aromatic nitrogens is 3. The smallest absolute Gasteiger partial charge is 0.233 e. The Morgan fingerprint density at radius 1 is 1.24 bits per heavy atom. The Kier molecular flexibility index (Phi) is 5.19. The van der Waals surface area contributed by atoms with Crippen LogP contribution in [-0.4, -0.2) is 28.0 Å². The molecule has 8 heteroatoms. The molecule has 3 N–H and O–H groups in total. The summed E-state index contributed by atoms with van der Waals surface area (Å²) in [6.07, 6.45) is 0. The van der Waals surface area contributed by atoms with Crippen LogP contribution in [0.25, 0.3) is 0 Å². The molecule has 21 heavy (non-hydrogen) atoms. The Labute approximate surface area is 136 Å². The summed E-state index contributed by atoms with van der Waals surface area (Å²) in [7, 11) is 0. The summed E-state index contributed by atoms with van der Waals surface area (Å²) in [6, 6.07) is 5.49. The van der Waals surface area contributed by atoms with E-state index in [1.807, 2.05) is 30.9 Å². The van der Waals surface area contributed by atoms with E-state index in [1.54, 1.807) is 6.07 Å². The second-order valence-corrected chi connectivity index (χ2v) is 5.56. The van der Waals surface area contributed by atoms with Crippen molar-refractivity contribution in [3.05, 3.63) is 27.7 Å². The number of nitrogens with one attached hydrogen (secondary N) is 1. The van der Waals surface area contributed by atoms with Gasteiger partial charge in [-0.15, -0.1) is 0 Å². The number of nitrogen functional groups attached to an aromatic ring is 1. The van der Waals surface area contributed by atoms with Gasteiger partial charge in [-0.1, -0.05) is 27.5 Å². The number of halogens is 2. The van der Waals surface area contributed by atoms with Crippen LogP contribution in [0, 0.1) is 0 Å². The molecular formula is C13H16BrClN6. The summed E-state index contributed by atoms with van der Waals surface area (Å²) >= 11 is 9.55. The van der Waals surface area contributed by atoms with Gasteiger partial charge in [-0.3, -0.25) is 0 Å². The first-order valence-corrected chi connectivity index (χ1v) is 7.69. The van der Waals surface area contributed by atoms with Gasteiger partial charge in [-0.2, -0.15) is 15.0 Å². The molecule has 0 radical (unpaired) electrons. The van der Waals surface area contributed by atoms with E-state index in [1.165, 1.54) is 0 Å². The van der Waals surface area contributed by atoms with Crippen molar-refractivity contribution >= 4 is 51.1 Å². The maximum atomic E-state index is 6.15. The van der Waals surface area contributed by atoms with Crippen molar-refractivity contribution in [1.82, 2.24) is 15.0 Å². The summed E-state index contributed by atoms with van der Waals surface area (Å²) in [6.45, 7) is 5.64. The summed E-state index contributed by atoms with van der Waals surface area (Å²) in [5, 5.41) is 3.64. The summed E-state index contributed by atoms with van der Waals surface area (Å²) in [5.41, 5.74) is 6.45. The van der Waals surface area contributed by atoms with Gasteiger partial charge >= 0.3 is 0 Å². The van der Waals surface area contributed by atoms with Crippen LogP contribution in [-0.2, 0) is 0 Å². The molecule has 112 valence electrons. The Balaban J connectivity index is 2.34. The fraction of sp³-hybridized carbons (Fsp3) is 0.308. The second kappa shape index (κ2) is 6.91. The molecule has 0 aliphatic carbocycles. The minimum atomic E-state index is 0.167. The number of nitrogens with two attached hydrogens (primary N) is 1. The van der Waals surface area contributed by atoms with E-state index in [0.29, 0.717) is 22.6 Å². The quantitative estimate of drug-likeness (QED) is 0.838. The number of benzene rings is 1. The van der Waals surface area contributed by atoms with Crippen LogP contribution in [0.15, 0.2) is 22.7 Å². The van der Waals surface area contributed by atoms with Gasteiger partial charge in [0.15, 0.2) is 0 Å². The fourth-order valence-corrected chi connectivity index (χ4v) is 2.32. The molecule has 0 spiro atoms. The number of hydrogen-bond donors (Lipinski definition) is 2. The standard InChI is InChI=1S/C13H16BrClN6/c1-3-21(4-2)13-19-11(16)18-12(20-13)17-10-7-8(14)5-6-9(10)15/h5-7H,3-4H2,1-2H3,(H3,16,17,18,19,20). The molecule has 0 fully saturated rings. The molecule has 0 aliphatic heterocycles. The molecule has 1 aromatic heterocycles. The zero-order chi connectivity index (χ0) is 15.4. The summed E-state index contributed by atoms with van der Waals surface area (Å²) in [5.74, 6) is 1.08. The highest BCUT2D eigenvalue weighted by atomic mass is 79.9. The molecule has 0 saturated heterocycles. The Bertz CT molecular complexity index is 632. The lowest BCUT2D eigenvalue weighted by Gasteiger charge is -2.19. The maximum Gasteiger partial charge on any atom is 0.233 e. The topological polar surface area (TPSA) is 80.0 Å². The molecule has 1 aromatic carbocycles. The van der Waals surface area contributed by atoms with Crippen LogP contribution < -0.4 is 16.0 Å². The predicted molar refractivity (Wildman–Crippen MR) is 90.2 cm³/mol. The van der Waals surface area contributed by atoms with Crippen molar-refractivity contribution in [3.8, 4) is 0 Å². The zero-order valence-electron chi connectivity index (χ0n) is 11.8. The lowest BCUT2D eigenvalue weighted by molar-refractivity contribution is 0.816. The number of hydrogen-bond acceptors (Lipinski definition) is 6.